The predicted octanol–water partition coefficient (Wildman–Crippen LogP) is 1.67. The summed E-state index contributed by atoms with van der Waals surface area (Å²) in [6, 6.07) is 4.76. The van der Waals surface area contributed by atoms with Crippen LogP contribution in [0.5, 0.6) is 0 Å². The first-order valence-electron chi connectivity index (χ1n) is 6.02. The zero-order valence-corrected chi connectivity index (χ0v) is 11.3. The Balaban J connectivity index is 2.14. The van der Waals surface area contributed by atoms with Crippen LogP contribution in [0.1, 0.15) is 16.8 Å². The number of ether oxygens (including phenoxy) is 1. The zero-order valence-electron chi connectivity index (χ0n) is 10.5. The monoisotopic (exact) mass is 282 g/mol. The molecular formula is C13H15ClN2O3. The molecule has 1 fully saturated rings. The van der Waals surface area contributed by atoms with Crippen LogP contribution in [0.4, 0.5) is 5.69 Å². The normalized spacial score (nSPS) is 18.1. The van der Waals surface area contributed by atoms with Gasteiger partial charge in [0.25, 0.3) is 5.91 Å². The number of benzene rings is 1. The Morgan fingerprint density at radius 2 is 2.21 bits per heavy atom. The first-order valence-corrected chi connectivity index (χ1v) is 6.40. The first-order chi connectivity index (χ1) is 9.11. The van der Waals surface area contributed by atoms with Crippen LogP contribution in [0.15, 0.2) is 18.2 Å². The summed E-state index contributed by atoms with van der Waals surface area (Å²) < 4.78 is 5.17. The van der Waals surface area contributed by atoms with E-state index >= 15 is 0 Å². The smallest absolute Gasteiger partial charge is 0.251 e. The third-order valence-corrected chi connectivity index (χ3v) is 3.34. The Hall–Kier alpha value is -1.59. The van der Waals surface area contributed by atoms with Crippen molar-refractivity contribution in [2.24, 2.45) is 5.92 Å². The van der Waals surface area contributed by atoms with Crippen molar-refractivity contribution in [3.05, 3.63) is 28.8 Å². The van der Waals surface area contributed by atoms with E-state index < -0.39 is 0 Å². The summed E-state index contributed by atoms with van der Waals surface area (Å²) in [6.07, 6.45) is 0.707. The lowest BCUT2D eigenvalue weighted by Crippen LogP contribution is -2.23. The molecule has 0 spiro atoms. The molecule has 19 heavy (non-hydrogen) atoms. The number of hydrogen-bond acceptors (Lipinski definition) is 3. The van der Waals surface area contributed by atoms with Gasteiger partial charge in [-0.15, -0.1) is 0 Å². The molecule has 1 atom stereocenters. The number of amides is 2. The van der Waals surface area contributed by atoms with Crippen LogP contribution in [0.2, 0.25) is 5.02 Å². The Kier molecular flexibility index (Phi) is 4.39. The molecule has 0 saturated carbocycles. The lowest BCUT2D eigenvalue weighted by atomic mass is 10.1. The molecule has 5 nitrogen and oxygen atoms in total. The molecule has 0 aliphatic carbocycles. The minimum atomic E-state index is -0.226. The van der Waals surface area contributed by atoms with Crippen LogP contribution in [-0.2, 0) is 9.53 Å². The van der Waals surface area contributed by atoms with E-state index in [2.05, 4.69) is 10.6 Å². The topological polar surface area (TPSA) is 67.4 Å². The number of halogens is 1. The molecule has 1 aromatic carbocycles. The minimum absolute atomic E-state index is 0.131. The molecule has 0 aromatic heterocycles. The Labute approximate surface area is 116 Å². The van der Waals surface area contributed by atoms with Crippen LogP contribution in [0, 0.1) is 5.92 Å². The maximum atomic E-state index is 12.0. The highest BCUT2D eigenvalue weighted by atomic mass is 35.5. The summed E-state index contributed by atoms with van der Waals surface area (Å²) in [4.78, 5) is 23.5. The molecule has 0 bridgehead atoms. The molecule has 1 aliphatic rings. The Bertz CT molecular complexity index is 499. The fourth-order valence-corrected chi connectivity index (χ4v) is 2.05. The van der Waals surface area contributed by atoms with Gasteiger partial charge < -0.3 is 15.4 Å². The van der Waals surface area contributed by atoms with E-state index in [1.54, 1.807) is 25.2 Å². The molecule has 0 radical (unpaired) electrons. The van der Waals surface area contributed by atoms with Gasteiger partial charge in [0.1, 0.15) is 0 Å². The highest BCUT2D eigenvalue weighted by molar-refractivity contribution is 6.33. The third-order valence-electron chi connectivity index (χ3n) is 3.01. The van der Waals surface area contributed by atoms with Gasteiger partial charge in [0.2, 0.25) is 5.91 Å². The number of carbonyl (C=O) groups is 2. The summed E-state index contributed by atoms with van der Waals surface area (Å²) in [5.41, 5.74) is 0.893. The maximum absolute atomic E-state index is 12.0. The van der Waals surface area contributed by atoms with Gasteiger partial charge in [0.05, 0.1) is 23.2 Å². The fraction of sp³-hybridized carbons (Fsp3) is 0.385. The number of nitrogens with one attached hydrogen (secondary N) is 2. The first kappa shape index (κ1) is 13.8. The van der Waals surface area contributed by atoms with E-state index in [1.807, 2.05) is 0 Å². The van der Waals surface area contributed by atoms with E-state index in [4.69, 9.17) is 16.3 Å². The van der Waals surface area contributed by atoms with Crippen LogP contribution in [-0.4, -0.2) is 32.1 Å². The largest absolute Gasteiger partial charge is 0.381 e. The van der Waals surface area contributed by atoms with Crippen molar-refractivity contribution in [3.8, 4) is 0 Å². The SMILES string of the molecule is CNC(=O)c1ccc(Cl)c(NC(=O)C2CCOC2)c1. The van der Waals surface area contributed by atoms with Crippen LogP contribution in [0.25, 0.3) is 0 Å². The summed E-state index contributed by atoms with van der Waals surface area (Å²) in [5, 5.41) is 5.66. The second-order valence-corrected chi connectivity index (χ2v) is 4.73. The molecule has 1 saturated heterocycles. The average molecular weight is 283 g/mol. The predicted molar refractivity (Wildman–Crippen MR) is 72.4 cm³/mol. The summed E-state index contributed by atoms with van der Waals surface area (Å²) in [5.74, 6) is -0.510. The highest BCUT2D eigenvalue weighted by Crippen LogP contribution is 2.24. The molecule has 2 amide bonds. The molecule has 1 aromatic rings. The standard InChI is InChI=1S/C13H15ClN2O3/c1-15-12(17)8-2-3-10(14)11(6-8)16-13(18)9-4-5-19-7-9/h2-3,6,9H,4-5,7H2,1H3,(H,15,17)(H,16,18). The van der Waals surface area contributed by atoms with Crippen molar-refractivity contribution in [1.29, 1.82) is 0 Å². The van der Waals surface area contributed by atoms with Crippen LogP contribution < -0.4 is 10.6 Å². The van der Waals surface area contributed by atoms with Crippen molar-refractivity contribution >= 4 is 29.1 Å². The van der Waals surface area contributed by atoms with Gasteiger partial charge in [0.15, 0.2) is 0 Å². The number of hydrogen-bond donors (Lipinski definition) is 2. The Morgan fingerprint density at radius 3 is 2.84 bits per heavy atom. The van der Waals surface area contributed by atoms with E-state index in [9.17, 15) is 9.59 Å². The van der Waals surface area contributed by atoms with Gasteiger partial charge >= 0.3 is 0 Å². The van der Waals surface area contributed by atoms with Crippen LogP contribution in [0.3, 0.4) is 0 Å². The van der Waals surface area contributed by atoms with Gasteiger partial charge in [-0.25, -0.2) is 0 Å². The highest BCUT2D eigenvalue weighted by Gasteiger charge is 2.24. The molecule has 102 valence electrons. The summed E-state index contributed by atoms with van der Waals surface area (Å²) in [7, 11) is 1.55. The third kappa shape index (κ3) is 3.24. The van der Waals surface area contributed by atoms with Crippen molar-refractivity contribution in [1.82, 2.24) is 5.32 Å². The van der Waals surface area contributed by atoms with E-state index in [0.717, 1.165) is 0 Å². The molecular weight excluding hydrogens is 268 g/mol. The zero-order chi connectivity index (χ0) is 13.8. The van der Waals surface area contributed by atoms with Gasteiger partial charge in [0, 0.05) is 19.2 Å². The summed E-state index contributed by atoms with van der Waals surface area (Å²) in [6.45, 7) is 1.03. The van der Waals surface area contributed by atoms with Gasteiger partial charge in [-0.1, -0.05) is 11.6 Å². The molecule has 2 N–H and O–H groups in total. The minimum Gasteiger partial charge on any atom is -0.381 e. The van der Waals surface area contributed by atoms with Crippen molar-refractivity contribution in [2.45, 2.75) is 6.42 Å². The second-order valence-electron chi connectivity index (χ2n) is 4.32. The van der Waals surface area contributed by atoms with Gasteiger partial charge in [-0.05, 0) is 24.6 Å². The van der Waals surface area contributed by atoms with Gasteiger partial charge in [-0.3, -0.25) is 9.59 Å². The van der Waals surface area contributed by atoms with E-state index in [0.29, 0.717) is 35.9 Å². The molecule has 1 unspecified atom stereocenters. The molecule has 1 aliphatic heterocycles. The number of rotatable bonds is 3. The van der Waals surface area contributed by atoms with E-state index in [1.165, 1.54) is 0 Å². The number of anilines is 1. The van der Waals surface area contributed by atoms with E-state index in [-0.39, 0.29) is 17.7 Å². The van der Waals surface area contributed by atoms with Crippen molar-refractivity contribution in [2.75, 3.05) is 25.6 Å². The average Bonchev–Trinajstić information content (AvgIpc) is 2.94. The molecule has 2 rings (SSSR count). The molecule has 6 heteroatoms. The lowest BCUT2D eigenvalue weighted by molar-refractivity contribution is -0.119. The molecule has 1 heterocycles. The fourth-order valence-electron chi connectivity index (χ4n) is 1.88. The van der Waals surface area contributed by atoms with Crippen LogP contribution >= 0.6 is 11.6 Å². The number of carbonyl (C=O) groups excluding carboxylic acids is 2. The van der Waals surface area contributed by atoms with Crippen molar-refractivity contribution < 1.29 is 14.3 Å². The van der Waals surface area contributed by atoms with Crippen molar-refractivity contribution in [3.63, 3.8) is 0 Å². The second kappa shape index (κ2) is 6.04. The van der Waals surface area contributed by atoms with Gasteiger partial charge in [-0.2, -0.15) is 0 Å². The quantitative estimate of drug-likeness (QED) is 0.886. The maximum Gasteiger partial charge on any atom is 0.251 e. The lowest BCUT2D eigenvalue weighted by Gasteiger charge is -2.11. The Morgan fingerprint density at radius 1 is 1.42 bits per heavy atom. The summed E-state index contributed by atoms with van der Waals surface area (Å²) >= 11 is 6.02.